The molecule has 0 amide bonds. The van der Waals surface area contributed by atoms with Crippen molar-refractivity contribution in [3.05, 3.63) is 17.5 Å². The lowest BCUT2D eigenvalue weighted by atomic mass is 9.88. The number of rotatable bonds is 6. The number of nitrogens with two attached hydrogens (primary N) is 1. The van der Waals surface area contributed by atoms with Gasteiger partial charge >= 0.3 is 0 Å². The second kappa shape index (κ2) is 6.31. The van der Waals surface area contributed by atoms with Crippen LogP contribution in [-0.4, -0.2) is 34.6 Å². The van der Waals surface area contributed by atoms with E-state index in [1.165, 1.54) is 0 Å². The van der Waals surface area contributed by atoms with Crippen molar-refractivity contribution in [2.45, 2.75) is 38.7 Å². The molecule has 0 aliphatic carbocycles. The zero-order valence-corrected chi connectivity index (χ0v) is 11.8. The van der Waals surface area contributed by atoms with Gasteiger partial charge in [0.15, 0.2) is 0 Å². The summed E-state index contributed by atoms with van der Waals surface area (Å²) < 4.78 is 7.53. The first kappa shape index (κ1) is 15.1. The number of aryl methyl sites for hydroxylation is 1. The van der Waals surface area contributed by atoms with Gasteiger partial charge in [0.05, 0.1) is 11.8 Å². The van der Waals surface area contributed by atoms with E-state index in [0.717, 1.165) is 11.3 Å². The molecule has 0 spiro atoms. The third kappa shape index (κ3) is 3.80. The molecule has 0 saturated carbocycles. The zero-order valence-electron chi connectivity index (χ0n) is 11.8. The van der Waals surface area contributed by atoms with E-state index in [1.807, 2.05) is 13.2 Å². The Bertz CT molecular complexity index is 369. The smallest absolute Gasteiger partial charge is 0.0980 e. The van der Waals surface area contributed by atoms with Crippen molar-refractivity contribution in [1.82, 2.24) is 9.78 Å². The second-order valence-corrected chi connectivity index (χ2v) is 5.53. The van der Waals surface area contributed by atoms with Crippen LogP contribution in [0.15, 0.2) is 6.20 Å². The molecule has 3 N–H and O–H groups in total. The van der Waals surface area contributed by atoms with Crippen molar-refractivity contribution in [3.8, 4) is 0 Å². The number of aliphatic hydroxyl groups is 1. The molecule has 1 unspecified atom stereocenters. The lowest BCUT2D eigenvalue weighted by Gasteiger charge is -2.22. The molecule has 0 aliphatic heterocycles. The van der Waals surface area contributed by atoms with Crippen molar-refractivity contribution in [2.24, 2.45) is 12.8 Å². The van der Waals surface area contributed by atoms with Gasteiger partial charge in [0.25, 0.3) is 0 Å². The highest BCUT2D eigenvalue weighted by molar-refractivity contribution is 5.26. The highest BCUT2D eigenvalue weighted by atomic mass is 16.5. The van der Waals surface area contributed by atoms with Crippen LogP contribution in [0.1, 0.15) is 44.6 Å². The number of aliphatic hydroxyl groups excluding tert-OH is 1. The van der Waals surface area contributed by atoms with Gasteiger partial charge in [-0.15, -0.1) is 0 Å². The van der Waals surface area contributed by atoms with Gasteiger partial charge in [0.2, 0.25) is 0 Å². The number of hydrogen-bond acceptors (Lipinski definition) is 4. The fourth-order valence-electron chi connectivity index (χ4n) is 1.90. The summed E-state index contributed by atoms with van der Waals surface area (Å²) >= 11 is 0. The van der Waals surface area contributed by atoms with Crippen LogP contribution in [0, 0.1) is 0 Å². The second-order valence-electron chi connectivity index (χ2n) is 5.53. The normalized spacial score (nSPS) is 13.9. The van der Waals surface area contributed by atoms with Crippen molar-refractivity contribution >= 4 is 0 Å². The summed E-state index contributed by atoms with van der Waals surface area (Å²) in [7, 11) is 1.90. The number of ether oxygens (including phenoxy) is 1. The SMILES string of the molecule is Cn1cc(C(CN)OCCCO)c(C(C)(C)C)n1. The van der Waals surface area contributed by atoms with E-state index in [-0.39, 0.29) is 18.1 Å². The molecular weight excluding hydrogens is 230 g/mol. The molecule has 104 valence electrons. The summed E-state index contributed by atoms with van der Waals surface area (Å²) in [6.45, 7) is 7.44. The minimum absolute atomic E-state index is 0.0373. The van der Waals surface area contributed by atoms with E-state index in [9.17, 15) is 0 Å². The number of hydrogen-bond donors (Lipinski definition) is 2. The first-order chi connectivity index (χ1) is 8.40. The summed E-state index contributed by atoms with van der Waals surface area (Å²) in [5.41, 5.74) is 7.81. The summed E-state index contributed by atoms with van der Waals surface area (Å²) in [6.07, 6.45) is 2.44. The first-order valence-corrected chi connectivity index (χ1v) is 6.36. The quantitative estimate of drug-likeness (QED) is 0.747. The number of nitrogens with zero attached hydrogens (tertiary/aromatic N) is 2. The Kier molecular flexibility index (Phi) is 5.31. The van der Waals surface area contributed by atoms with Gasteiger partial charge in [-0.1, -0.05) is 20.8 Å². The van der Waals surface area contributed by atoms with E-state index >= 15 is 0 Å². The molecule has 5 heteroatoms. The van der Waals surface area contributed by atoms with Crippen LogP contribution >= 0.6 is 0 Å². The Morgan fingerprint density at radius 2 is 2.17 bits per heavy atom. The lowest BCUT2D eigenvalue weighted by molar-refractivity contribution is 0.0478. The standard InChI is InChI=1S/C13H25N3O2/c1-13(2,3)12-10(9-16(4)15-12)11(8-14)18-7-5-6-17/h9,11,17H,5-8,14H2,1-4H3. The van der Waals surface area contributed by atoms with Gasteiger partial charge in [-0.05, 0) is 6.42 Å². The monoisotopic (exact) mass is 255 g/mol. The maximum atomic E-state index is 8.78. The third-order valence-electron chi connectivity index (χ3n) is 2.75. The minimum atomic E-state index is -0.153. The molecule has 0 radical (unpaired) electrons. The molecule has 0 bridgehead atoms. The molecule has 1 aromatic rings. The molecule has 0 fully saturated rings. The highest BCUT2D eigenvalue weighted by Crippen LogP contribution is 2.29. The molecular formula is C13H25N3O2. The van der Waals surface area contributed by atoms with E-state index in [4.69, 9.17) is 15.6 Å². The third-order valence-corrected chi connectivity index (χ3v) is 2.75. The van der Waals surface area contributed by atoms with Crippen molar-refractivity contribution < 1.29 is 9.84 Å². The van der Waals surface area contributed by atoms with Gasteiger partial charge in [-0.3, -0.25) is 4.68 Å². The molecule has 1 rings (SSSR count). The van der Waals surface area contributed by atoms with Crippen LogP contribution in [-0.2, 0) is 17.2 Å². The van der Waals surface area contributed by atoms with Crippen molar-refractivity contribution in [1.29, 1.82) is 0 Å². The minimum Gasteiger partial charge on any atom is -0.396 e. The molecule has 0 aliphatic rings. The molecule has 1 aromatic heterocycles. The molecule has 1 heterocycles. The first-order valence-electron chi connectivity index (χ1n) is 6.36. The van der Waals surface area contributed by atoms with E-state index in [0.29, 0.717) is 19.6 Å². The van der Waals surface area contributed by atoms with Crippen LogP contribution in [0.25, 0.3) is 0 Å². The number of aromatic nitrogens is 2. The van der Waals surface area contributed by atoms with Crippen LogP contribution < -0.4 is 5.73 Å². The molecule has 18 heavy (non-hydrogen) atoms. The molecule has 5 nitrogen and oxygen atoms in total. The average molecular weight is 255 g/mol. The van der Waals surface area contributed by atoms with Crippen LogP contribution in [0.5, 0.6) is 0 Å². The largest absolute Gasteiger partial charge is 0.396 e. The van der Waals surface area contributed by atoms with Gasteiger partial charge in [-0.25, -0.2) is 0 Å². The maximum Gasteiger partial charge on any atom is 0.0980 e. The van der Waals surface area contributed by atoms with Crippen molar-refractivity contribution in [2.75, 3.05) is 19.8 Å². The van der Waals surface area contributed by atoms with Crippen molar-refractivity contribution in [3.63, 3.8) is 0 Å². The summed E-state index contributed by atoms with van der Waals surface area (Å²) in [5, 5.41) is 13.3. The summed E-state index contributed by atoms with van der Waals surface area (Å²) in [6, 6.07) is 0. The highest BCUT2D eigenvalue weighted by Gasteiger charge is 2.26. The fraction of sp³-hybridized carbons (Fsp3) is 0.769. The lowest BCUT2D eigenvalue weighted by Crippen LogP contribution is -2.22. The Hall–Kier alpha value is -0.910. The molecule has 0 aromatic carbocycles. The van der Waals surface area contributed by atoms with Gasteiger partial charge in [-0.2, -0.15) is 5.10 Å². The Balaban J connectivity index is 2.91. The summed E-state index contributed by atoms with van der Waals surface area (Å²) in [5.74, 6) is 0. The van der Waals surface area contributed by atoms with Crippen LogP contribution in [0.2, 0.25) is 0 Å². The Morgan fingerprint density at radius 3 is 2.67 bits per heavy atom. The van der Waals surface area contributed by atoms with Gasteiger partial charge < -0.3 is 15.6 Å². The topological polar surface area (TPSA) is 73.3 Å². The predicted molar refractivity (Wildman–Crippen MR) is 71.4 cm³/mol. The maximum absolute atomic E-state index is 8.78. The average Bonchev–Trinajstić information content (AvgIpc) is 2.66. The van der Waals surface area contributed by atoms with E-state index < -0.39 is 0 Å². The van der Waals surface area contributed by atoms with Gasteiger partial charge in [0.1, 0.15) is 0 Å². The van der Waals surface area contributed by atoms with Crippen LogP contribution in [0.3, 0.4) is 0 Å². The zero-order chi connectivity index (χ0) is 13.8. The summed E-state index contributed by atoms with van der Waals surface area (Å²) in [4.78, 5) is 0. The molecule has 1 atom stereocenters. The molecule has 0 saturated heterocycles. The van der Waals surface area contributed by atoms with E-state index in [1.54, 1.807) is 4.68 Å². The fourth-order valence-corrected chi connectivity index (χ4v) is 1.90. The van der Waals surface area contributed by atoms with Gasteiger partial charge in [0, 0.05) is 44.0 Å². The Morgan fingerprint density at radius 1 is 1.50 bits per heavy atom. The predicted octanol–water partition coefficient (Wildman–Crippen LogP) is 1.12. The van der Waals surface area contributed by atoms with E-state index in [2.05, 4.69) is 25.9 Å². The Labute approximate surface area is 109 Å². The van der Waals surface area contributed by atoms with Crippen LogP contribution in [0.4, 0.5) is 0 Å².